The number of carboxylic acid groups (broad SMARTS) is 1. The van der Waals surface area contributed by atoms with E-state index in [0.717, 1.165) is 25.7 Å². The van der Waals surface area contributed by atoms with Crippen molar-refractivity contribution in [1.82, 2.24) is 15.6 Å². The summed E-state index contributed by atoms with van der Waals surface area (Å²) in [5.41, 5.74) is 6.95. The number of carbonyl (C=O) groups is 2. The molecule has 1 aromatic heterocycles. The Labute approximate surface area is 244 Å². The molecule has 1 heterocycles. The fraction of sp³-hybridized carbons (Fsp3) is 0.303. The molecule has 220 valence electrons. The fourth-order valence-corrected chi connectivity index (χ4v) is 5.36. The van der Waals surface area contributed by atoms with Gasteiger partial charge in [-0.05, 0) is 77.8 Å². The number of carbonyl (C=O) groups excluding carboxylic acids is 1. The molecule has 5 rings (SSSR count). The number of carboxylic acids is 1. The molecule has 1 aliphatic rings. The minimum atomic E-state index is -1.05. The first-order valence-corrected chi connectivity index (χ1v) is 14.1. The molecule has 0 saturated carbocycles. The Morgan fingerprint density at radius 1 is 0.952 bits per heavy atom. The molecular weight excluding hydrogens is 534 g/mol. The van der Waals surface area contributed by atoms with Gasteiger partial charge in [-0.25, -0.2) is 0 Å². The highest BCUT2D eigenvalue weighted by atomic mass is 16.4. The predicted molar refractivity (Wildman–Crippen MR) is 162 cm³/mol. The molecule has 0 spiro atoms. The number of aryl methyl sites for hydroxylation is 2. The topological polar surface area (TPSA) is 152 Å². The normalized spacial score (nSPS) is 13.2. The van der Waals surface area contributed by atoms with E-state index < -0.39 is 12.1 Å². The van der Waals surface area contributed by atoms with Gasteiger partial charge < -0.3 is 30.9 Å². The number of phenolic OH excluding ortho intramolecular Hbond substituents is 1. The smallest absolute Gasteiger partial charge is 0.322 e. The summed E-state index contributed by atoms with van der Waals surface area (Å²) in [5, 5.41) is 35.5. The highest BCUT2D eigenvalue weighted by molar-refractivity contribution is 5.95. The Bertz CT molecular complexity index is 1580. The summed E-state index contributed by atoms with van der Waals surface area (Å²) in [5.74, 6) is -1.42. The first-order chi connectivity index (χ1) is 20.2. The maximum absolute atomic E-state index is 11.6. The molecule has 0 fully saturated rings. The van der Waals surface area contributed by atoms with Crippen molar-refractivity contribution in [3.63, 3.8) is 0 Å². The van der Waals surface area contributed by atoms with E-state index in [1.807, 2.05) is 0 Å². The Balaban J connectivity index is 0.000000262. The highest BCUT2D eigenvalue weighted by Crippen LogP contribution is 2.30. The molecule has 0 saturated heterocycles. The summed E-state index contributed by atoms with van der Waals surface area (Å²) < 4.78 is 0. The van der Waals surface area contributed by atoms with Gasteiger partial charge in [0.25, 0.3) is 5.91 Å². The minimum absolute atomic E-state index is 0.00584. The number of phenols is 1. The standard InChI is InChI=1S/C24H28N2O3.C9H9NO3/c1-3-14-9-16-11-18(12-17(16)10-15(14)4-2)25-13-22(28)19-5-7-21(27)24-20(19)6-8-23(29)26-24;11-8(12)6-10-9(13)7-4-2-1-3-5-7/h5-10,18,22,25,27-28H,3-4,11-13H2,1-2H3,(H,26,29);1-5H,6H2,(H,10,13)(H,11,12). The Hall–Kier alpha value is -4.47. The number of H-pyrrole nitrogens is 1. The molecule has 42 heavy (non-hydrogen) atoms. The van der Waals surface area contributed by atoms with E-state index in [0.29, 0.717) is 34.6 Å². The van der Waals surface area contributed by atoms with Crippen molar-refractivity contribution in [1.29, 1.82) is 0 Å². The molecular formula is C33H37N3O6. The lowest BCUT2D eigenvalue weighted by molar-refractivity contribution is -0.135. The second kappa shape index (κ2) is 13.9. The van der Waals surface area contributed by atoms with Crippen LogP contribution in [0, 0.1) is 0 Å². The first kappa shape index (κ1) is 30.5. The van der Waals surface area contributed by atoms with E-state index in [1.165, 1.54) is 34.4 Å². The Kier molecular flexibility index (Phi) is 10.1. The maximum atomic E-state index is 11.6. The van der Waals surface area contributed by atoms with Crippen LogP contribution in [-0.2, 0) is 30.5 Å². The third-order valence-corrected chi connectivity index (χ3v) is 7.52. The molecule has 4 aromatic rings. The molecule has 9 nitrogen and oxygen atoms in total. The monoisotopic (exact) mass is 571 g/mol. The Morgan fingerprint density at radius 2 is 1.60 bits per heavy atom. The largest absolute Gasteiger partial charge is 0.506 e. The molecule has 0 radical (unpaired) electrons. The average Bonchev–Trinajstić information content (AvgIpc) is 3.40. The van der Waals surface area contributed by atoms with Crippen molar-refractivity contribution in [2.75, 3.05) is 13.1 Å². The van der Waals surface area contributed by atoms with E-state index in [2.05, 4.69) is 41.6 Å². The van der Waals surface area contributed by atoms with E-state index in [1.54, 1.807) is 42.5 Å². The van der Waals surface area contributed by atoms with Crippen molar-refractivity contribution >= 4 is 22.8 Å². The zero-order valence-electron chi connectivity index (χ0n) is 23.8. The summed E-state index contributed by atoms with van der Waals surface area (Å²) in [7, 11) is 0. The number of aromatic amines is 1. The zero-order chi connectivity index (χ0) is 30.2. The first-order valence-electron chi connectivity index (χ1n) is 14.1. The van der Waals surface area contributed by atoms with Gasteiger partial charge in [0.2, 0.25) is 5.56 Å². The number of aromatic hydroxyl groups is 1. The van der Waals surface area contributed by atoms with Crippen LogP contribution in [-0.4, -0.2) is 51.3 Å². The molecule has 1 unspecified atom stereocenters. The molecule has 0 aliphatic heterocycles. The van der Waals surface area contributed by atoms with Gasteiger partial charge in [-0.1, -0.05) is 50.2 Å². The van der Waals surface area contributed by atoms with E-state index in [4.69, 9.17) is 5.11 Å². The summed E-state index contributed by atoms with van der Waals surface area (Å²) in [6.45, 7) is 4.47. The zero-order valence-corrected chi connectivity index (χ0v) is 23.8. The van der Waals surface area contributed by atoms with Gasteiger partial charge in [0.1, 0.15) is 12.3 Å². The number of pyridine rings is 1. The van der Waals surface area contributed by atoms with Crippen molar-refractivity contribution in [2.24, 2.45) is 0 Å². The van der Waals surface area contributed by atoms with Crippen LogP contribution in [0.3, 0.4) is 0 Å². The Morgan fingerprint density at radius 3 is 2.19 bits per heavy atom. The van der Waals surface area contributed by atoms with Crippen LogP contribution in [0.5, 0.6) is 5.75 Å². The highest BCUT2D eigenvalue weighted by Gasteiger charge is 2.24. The summed E-state index contributed by atoms with van der Waals surface area (Å²) in [6, 6.07) is 19.8. The van der Waals surface area contributed by atoms with Crippen molar-refractivity contribution in [3.05, 3.63) is 110 Å². The maximum Gasteiger partial charge on any atom is 0.322 e. The van der Waals surface area contributed by atoms with Crippen LogP contribution in [0.1, 0.15) is 58.1 Å². The van der Waals surface area contributed by atoms with Crippen molar-refractivity contribution < 1.29 is 24.9 Å². The fourth-order valence-electron chi connectivity index (χ4n) is 5.36. The summed E-state index contributed by atoms with van der Waals surface area (Å²) >= 11 is 0. The molecule has 0 bridgehead atoms. The molecule has 3 aromatic carbocycles. The van der Waals surface area contributed by atoms with E-state index in [-0.39, 0.29) is 23.8 Å². The number of benzene rings is 3. The van der Waals surface area contributed by atoms with Gasteiger partial charge in [0.05, 0.1) is 11.6 Å². The summed E-state index contributed by atoms with van der Waals surface area (Å²) in [6.07, 6.45) is 3.34. The SMILES string of the molecule is CCc1cc2c(cc1CC)CC(NCC(O)c1ccc(O)c3[nH]c(=O)ccc13)C2.O=C(O)CNC(=O)c1ccccc1. The lowest BCUT2D eigenvalue weighted by Gasteiger charge is -2.18. The van der Waals surface area contributed by atoms with Gasteiger partial charge in [-0.15, -0.1) is 0 Å². The van der Waals surface area contributed by atoms with Crippen LogP contribution in [0.25, 0.3) is 10.9 Å². The van der Waals surface area contributed by atoms with Crippen LogP contribution >= 0.6 is 0 Å². The molecule has 6 N–H and O–H groups in total. The number of hydrogen-bond acceptors (Lipinski definition) is 6. The predicted octanol–water partition coefficient (Wildman–Crippen LogP) is 3.65. The average molecular weight is 572 g/mol. The lowest BCUT2D eigenvalue weighted by atomic mass is 9.97. The number of rotatable bonds is 9. The van der Waals surface area contributed by atoms with E-state index in [9.17, 15) is 24.6 Å². The number of aliphatic hydroxyl groups is 1. The quantitative estimate of drug-likeness (QED) is 0.179. The number of nitrogens with one attached hydrogen (secondary N) is 3. The van der Waals surface area contributed by atoms with Crippen LogP contribution in [0.4, 0.5) is 0 Å². The van der Waals surface area contributed by atoms with Crippen molar-refractivity contribution in [2.45, 2.75) is 51.7 Å². The number of amides is 1. The van der Waals surface area contributed by atoms with Crippen LogP contribution < -0.4 is 16.2 Å². The minimum Gasteiger partial charge on any atom is -0.506 e. The molecule has 1 amide bonds. The number of hydrogen-bond donors (Lipinski definition) is 6. The van der Waals surface area contributed by atoms with Gasteiger partial charge in [0, 0.05) is 29.6 Å². The molecule has 9 heteroatoms. The second-order valence-electron chi connectivity index (χ2n) is 10.4. The number of fused-ring (bicyclic) bond motifs is 2. The number of aliphatic carboxylic acids is 1. The number of aromatic nitrogens is 1. The van der Waals surface area contributed by atoms with Gasteiger partial charge in [-0.3, -0.25) is 14.4 Å². The van der Waals surface area contributed by atoms with Gasteiger partial charge in [0.15, 0.2) is 0 Å². The lowest BCUT2D eigenvalue weighted by Crippen LogP contribution is -2.33. The van der Waals surface area contributed by atoms with Gasteiger partial charge >= 0.3 is 5.97 Å². The van der Waals surface area contributed by atoms with Crippen molar-refractivity contribution in [3.8, 4) is 5.75 Å². The van der Waals surface area contributed by atoms with Gasteiger partial charge in [-0.2, -0.15) is 0 Å². The third kappa shape index (κ3) is 7.43. The second-order valence-corrected chi connectivity index (χ2v) is 10.4. The van der Waals surface area contributed by atoms with Crippen LogP contribution in [0.15, 0.2) is 71.5 Å². The molecule has 1 aliphatic carbocycles. The van der Waals surface area contributed by atoms with Crippen LogP contribution in [0.2, 0.25) is 0 Å². The third-order valence-electron chi connectivity index (χ3n) is 7.52. The summed E-state index contributed by atoms with van der Waals surface area (Å²) in [4.78, 5) is 35.5. The van der Waals surface area contributed by atoms with E-state index >= 15 is 0 Å². The number of aliphatic hydroxyl groups excluding tert-OH is 1. The molecule has 1 atom stereocenters.